The zero-order valence-corrected chi connectivity index (χ0v) is 17.4. The first-order chi connectivity index (χ1) is 15.3. The van der Waals surface area contributed by atoms with Crippen LogP contribution in [0.3, 0.4) is 0 Å². The smallest absolute Gasteiger partial charge is 0.329 e. The molecule has 0 fully saturated rings. The van der Waals surface area contributed by atoms with Crippen molar-refractivity contribution in [3.8, 4) is 5.69 Å². The molecule has 2 aromatic heterocycles. The summed E-state index contributed by atoms with van der Waals surface area (Å²) in [5.41, 5.74) is 1.33. The largest absolute Gasteiger partial charge is 0.416 e. The maximum Gasteiger partial charge on any atom is 0.416 e. The van der Waals surface area contributed by atoms with Gasteiger partial charge in [-0.3, -0.25) is 9.59 Å². The third-order valence-electron chi connectivity index (χ3n) is 6.35. The second-order valence-electron chi connectivity index (χ2n) is 8.26. The van der Waals surface area contributed by atoms with Crippen LogP contribution in [-0.4, -0.2) is 31.5 Å². The van der Waals surface area contributed by atoms with Crippen molar-refractivity contribution in [2.24, 2.45) is 0 Å². The number of carbonyl (C=O) groups is 1. The van der Waals surface area contributed by atoms with Crippen LogP contribution in [0.4, 0.5) is 13.2 Å². The van der Waals surface area contributed by atoms with Gasteiger partial charge in [0, 0.05) is 19.3 Å². The van der Waals surface area contributed by atoms with E-state index in [1.165, 1.54) is 10.6 Å². The molecule has 6 nitrogen and oxygen atoms in total. The summed E-state index contributed by atoms with van der Waals surface area (Å²) >= 11 is 0. The lowest BCUT2D eigenvalue weighted by Crippen LogP contribution is -2.47. The summed E-state index contributed by atoms with van der Waals surface area (Å²) in [6, 6.07) is 6.96. The van der Waals surface area contributed by atoms with Gasteiger partial charge in [-0.25, -0.2) is 4.98 Å². The van der Waals surface area contributed by atoms with Crippen LogP contribution in [0.25, 0.3) is 5.69 Å². The van der Waals surface area contributed by atoms with Crippen LogP contribution in [0.5, 0.6) is 0 Å². The lowest BCUT2D eigenvalue weighted by atomic mass is 9.83. The Balaban J connectivity index is 1.52. The Morgan fingerprint density at radius 2 is 1.91 bits per heavy atom. The van der Waals surface area contributed by atoms with Gasteiger partial charge in [0.1, 0.15) is 11.4 Å². The number of benzene rings is 1. The van der Waals surface area contributed by atoms with Crippen molar-refractivity contribution in [2.45, 2.75) is 44.9 Å². The van der Waals surface area contributed by atoms with Crippen LogP contribution in [0.1, 0.15) is 51.8 Å². The zero-order valence-electron chi connectivity index (χ0n) is 17.4. The second kappa shape index (κ2) is 7.36. The number of nitrogens with zero attached hydrogens (tertiary/aromatic N) is 4. The van der Waals surface area contributed by atoms with Crippen molar-refractivity contribution in [1.29, 1.82) is 0 Å². The third-order valence-corrected chi connectivity index (χ3v) is 6.35. The number of aryl methyl sites for hydroxylation is 1. The number of alkyl halides is 3. The van der Waals surface area contributed by atoms with Crippen molar-refractivity contribution >= 4 is 5.91 Å². The molecule has 1 unspecified atom stereocenters. The Bertz CT molecular complexity index is 1270. The molecule has 32 heavy (non-hydrogen) atoms. The first-order valence-corrected chi connectivity index (χ1v) is 10.5. The van der Waals surface area contributed by atoms with E-state index in [0.29, 0.717) is 30.5 Å². The van der Waals surface area contributed by atoms with Crippen LogP contribution in [0.15, 0.2) is 47.7 Å². The molecular formula is C23H21F3N4O2. The molecule has 0 spiro atoms. The van der Waals surface area contributed by atoms with E-state index < -0.39 is 17.8 Å². The minimum atomic E-state index is -4.43. The van der Waals surface area contributed by atoms with Crippen molar-refractivity contribution in [3.05, 3.63) is 81.3 Å². The standard InChI is InChI=1S/C23H21F3N4O2/c1-14-12-28(13-27-14)19-8-9-20-22(32)29(10-11-30(20)21(19)31)18-7-3-4-15-16(18)5-2-6-17(15)23(24,25)26/h2,5-6,8-9,12-13,18H,3-4,7,10-11H2,1H3. The van der Waals surface area contributed by atoms with Gasteiger partial charge in [0.15, 0.2) is 0 Å². The van der Waals surface area contributed by atoms with Gasteiger partial charge in [0.05, 0.1) is 23.6 Å². The van der Waals surface area contributed by atoms with Gasteiger partial charge in [-0.05, 0) is 55.5 Å². The normalized spacial score (nSPS) is 18.4. The maximum absolute atomic E-state index is 13.5. The van der Waals surface area contributed by atoms with Gasteiger partial charge in [-0.15, -0.1) is 0 Å². The summed E-state index contributed by atoms with van der Waals surface area (Å²) in [4.78, 5) is 32.1. The fourth-order valence-corrected chi connectivity index (χ4v) is 4.89. The van der Waals surface area contributed by atoms with E-state index in [1.54, 1.807) is 40.2 Å². The first-order valence-electron chi connectivity index (χ1n) is 10.5. The second-order valence-corrected chi connectivity index (χ2v) is 8.26. The van der Waals surface area contributed by atoms with Crippen molar-refractivity contribution in [1.82, 2.24) is 19.0 Å². The Morgan fingerprint density at radius 3 is 2.62 bits per heavy atom. The Labute approximate surface area is 181 Å². The van der Waals surface area contributed by atoms with E-state index in [-0.39, 0.29) is 35.8 Å². The molecule has 0 bridgehead atoms. The highest BCUT2D eigenvalue weighted by Gasteiger charge is 2.39. The number of carbonyl (C=O) groups excluding carboxylic acids is 1. The SMILES string of the molecule is Cc1cn(-c2ccc3n(c2=O)CCN(C2CCCc4c2cccc4C(F)(F)F)C3=O)cn1. The topological polar surface area (TPSA) is 60.1 Å². The monoisotopic (exact) mass is 442 g/mol. The Morgan fingerprint density at radius 1 is 1.09 bits per heavy atom. The fraction of sp³-hybridized carbons (Fsp3) is 0.348. The number of pyridine rings is 1. The number of imidazole rings is 1. The predicted molar refractivity (Wildman–Crippen MR) is 111 cm³/mol. The highest BCUT2D eigenvalue weighted by atomic mass is 19.4. The highest BCUT2D eigenvalue weighted by molar-refractivity contribution is 5.93. The molecule has 1 aliphatic carbocycles. The highest BCUT2D eigenvalue weighted by Crippen LogP contribution is 2.42. The minimum absolute atomic E-state index is 0.251. The maximum atomic E-state index is 13.5. The van der Waals surface area contributed by atoms with Crippen molar-refractivity contribution in [2.75, 3.05) is 6.54 Å². The van der Waals surface area contributed by atoms with E-state index in [2.05, 4.69) is 4.98 Å². The first kappa shape index (κ1) is 20.5. The lowest BCUT2D eigenvalue weighted by Gasteiger charge is -2.39. The zero-order chi connectivity index (χ0) is 22.6. The van der Waals surface area contributed by atoms with Crippen LogP contribution < -0.4 is 5.56 Å². The van der Waals surface area contributed by atoms with Gasteiger partial charge in [-0.1, -0.05) is 12.1 Å². The van der Waals surface area contributed by atoms with Gasteiger partial charge < -0.3 is 14.0 Å². The molecule has 2 aliphatic rings. The minimum Gasteiger partial charge on any atom is -0.329 e. The molecule has 1 amide bonds. The molecule has 1 aliphatic heterocycles. The summed E-state index contributed by atoms with van der Waals surface area (Å²) in [5, 5.41) is 0. The van der Waals surface area contributed by atoms with Gasteiger partial charge in [0.25, 0.3) is 11.5 Å². The van der Waals surface area contributed by atoms with E-state index in [0.717, 1.165) is 11.8 Å². The number of hydrogen-bond acceptors (Lipinski definition) is 3. The summed E-state index contributed by atoms with van der Waals surface area (Å²) in [6.45, 7) is 2.37. The molecule has 0 radical (unpaired) electrons. The molecule has 5 rings (SSSR count). The summed E-state index contributed by atoms with van der Waals surface area (Å²) in [6.07, 6.45) is 0.357. The molecule has 0 saturated heterocycles. The van der Waals surface area contributed by atoms with Gasteiger partial charge >= 0.3 is 6.18 Å². The number of aromatic nitrogens is 3. The lowest BCUT2D eigenvalue weighted by molar-refractivity contribution is -0.138. The van der Waals surface area contributed by atoms with Crippen LogP contribution in [0, 0.1) is 6.92 Å². The predicted octanol–water partition coefficient (Wildman–Crippen LogP) is 3.89. The quantitative estimate of drug-likeness (QED) is 0.605. The fourth-order valence-electron chi connectivity index (χ4n) is 4.89. The third kappa shape index (κ3) is 3.23. The summed E-state index contributed by atoms with van der Waals surface area (Å²) in [5.74, 6) is -0.336. The molecule has 0 N–H and O–H groups in total. The van der Waals surface area contributed by atoms with Gasteiger partial charge in [0.2, 0.25) is 0 Å². The van der Waals surface area contributed by atoms with E-state index in [4.69, 9.17) is 0 Å². The number of amides is 1. The molecule has 1 aromatic carbocycles. The Kier molecular flexibility index (Phi) is 4.72. The van der Waals surface area contributed by atoms with Crippen LogP contribution in [0.2, 0.25) is 0 Å². The number of hydrogen-bond donors (Lipinski definition) is 0. The summed E-state index contributed by atoms with van der Waals surface area (Å²) < 4.78 is 43.6. The van der Waals surface area contributed by atoms with E-state index in [1.807, 2.05) is 6.92 Å². The molecule has 3 heterocycles. The average molecular weight is 442 g/mol. The molecule has 166 valence electrons. The van der Waals surface area contributed by atoms with Crippen LogP contribution >= 0.6 is 0 Å². The number of halogens is 3. The molecule has 0 saturated carbocycles. The van der Waals surface area contributed by atoms with Crippen molar-refractivity contribution < 1.29 is 18.0 Å². The van der Waals surface area contributed by atoms with Crippen LogP contribution in [-0.2, 0) is 19.1 Å². The Hall–Kier alpha value is -3.36. The molecule has 1 atom stereocenters. The number of fused-ring (bicyclic) bond motifs is 2. The van der Waals surface area contributed by atoms with E-state index in [9.17, 15) is 22.8 Å². The average Bonchev–Trinajstić information content (AvgIpc) is 3.19. The number of rotatable bonds is 2. The van der Waals surface area contributed by atoms with E-state index >= 15 is 0 Å². The molecule has 3 aromatic rings. The van der Waals surface area contributed by atoms with Crippen molar-refractivity contribution in [3.63, 3.8) is 0 Å². The molecule has 9 heteroatoms. The summed E-state index contributed by atoms with van der Waals surface area (Å²) in [7, 11) is 0. The van der Waals surface area contributed by atoms with Gasteiger partial charge in [-0.2, -0.15) is 13.2 Å². The molecular weight excluding hydrogens is 421 g/mol.